The lowest BCUT2D eigenvalue weighted by molar-refractivity contribution is 0.0691. The number of hydrogen-bond acceptors (Lipinski definition) is 7. The average molecular weight is 270 g/mol. The lowest BCUT2D eigenvalue weighted by Crippen LogP contribution is -2.06. The largest absolute Gasteiger partial charge is 0.382 e. The van der Waals surface area contributed by atoms with Gasteiger partial charge in [0.1, 0.15) is 16.6 Å². The number of aromatic nitrogens is 1. The van der Waals surface area contributed by atoms with Crippen LogP contribution in [0, 0.1) is 11.3 Å². The summed E-state index contributed by atoms with van der Waals surface area (Å²) < 4.78 is 14.1. The molecule has 0 amide bonds. The van der Waals surface area contributed by atoms with Gasteiger partial charge in [-0.1, -0.05) is 0 Å². The Morgan fingerprint density at radius 2 is 2.22 bits per heavy atom. The van der Waals surface area contributed by atoms with Crippen LogP contribution < -0.4 is 11.1 Å². The number of nitrogen functional groups attached to an aromatic ring is 1. The van der Waals surface area contributed by atoms with Crippen LogP contribution in [-0.2, 0) is 9.47 Å². The lowest BCUT2D eigenvalue weighted by atomic mass is 10.3. The van der Waals surface area contributed by atoms with E-state index in [9.17, 15) is 0 Å². The fourth-order valence-corrected chi connectivity index (χ4v) is 2.00. The van der Waals surface area contributed by atoms with E-state index >= 15 is 0 Å². The van der Waals surface area contributed by atoms with Crippen LogP contribution in [0.5, 0.6) is 0 Å². The normalized spacial score (nSPS) is 10.2. The average Bonchev–Trinajstić information content (AvgIpc) is 2.73. The number of ether oxygens (including phenoxy) is 2. The number of methoxy groups -OCH3 is 1. The molecule has 1 aromatic heterocycles. The van der Waals surface area contributed by atoms with Gasteiger partial charge in [0.15, 0.2) is 5.82 Å². The molecule has 0 bridgehead atoms. The maximum Gasteiger partial charge on any atom is 0.157 e. The molecule has 0 saturated heterocycles. The Morgan fingerprint density at radius 3 is 2.94 bits per heavy atom. The first-order valence-corrected chi connectivity index (χ1v) is 6.52. The number of rotatable bonds is 9. The molecule has 0 spiro atoms. The van der Waals surface area contributed by atoms with Crippen molar-refractivity contribution < 1.29 is 9.47 Å². The first kappa shape index (κ1) is 14.7. The van der Waals surface area contributed by atoms with Gasteiger partial charge in [-0.3, -0.25) is 0 Å². The quantitative estimate of drug-likeness (QED) is 0.660. The fourth-order valence-electron chi connectivity index (χ4n) is 1.31. The van der Waals surface area contributed by atoms with Crippen LogP contribution in [0.15, 0.2) is 0 Å². The predicted molar refractivity (Wildman–Crippen MR) is 71.7 cm³/mol. The van der Waals surface area contributed by atoms with E-state index < -0.39 is 0 Å². The van der Waals surface area contributed by atoms with Crippen LogP contribution >= 0.6 is 11.5 Å². The summed E-state index contributed by atoms with van der Waals surface area (Å²) in [5, 5.41) is 12.8. The maximum absolute atomic E-state index is 8.88. The second-order valence-corrected chi connectivity index (χ2v) is 4.40. The Morgan fingerprint density at radius 1 is 1.39 bits per heavy atom. The third-order valence-electron chi connectivity index (χ3n) is 2.26. The molecule has 0 saturated carbocycles. The standard InChI is InChI=1S/C11H18N4O2S/c1-16-6-7-17-5-3-2-4-14-11-9(8-12)10(13)15-18-11/h14H,2-7H2,1H3,(H2,13,15). The minimum Gasteiger partial charge on any atom is -0.382 e. The van der Waals surface area contributed by atoms with E-state index in [1.165, 1.54) is 11.5 Å². The molecule has 0 aliphatic rings. The van der Waals surface area contributed by atoms with Gasteiger partial charge >= 0.3 is 0 Å². The molecule has 0 aromatic carbocycles. The molecule has 1 rings (SSSR count). The molecule has 6 nitrogen and oxygen atoms in total. The van der Waals surface area contributed by atoms with E-state index in [1.54, 1.807) is 7.11 Å². The molecule has 0 unspecified atom stereocenters. The van der Waals surface area contributed by atoms with Gasteiger partial charge in [0, 0.05) is 20.3 Å². The SMILES string of the molecule is COCCOCCCCNc1snc(N)c1C#N. The highest BCUT2D eigenvalue weighted by molar-refractivity contribution is 7.10. The Labute approximate surface area is 111 Å². The summed E-state index contributed by atoms with van der Waals surface area (Å²) in [4.78, 5) is 0. The molecule has 1 aromatic rings. The molecule has 3 N–H and O–H groups in total. The molecule has 0 atom stereocenters. The van der Waals surface area contributed by atoms with Crippen molar-refractivity contribution in [3.8, 4) is 6.07 Å². The summed E-state index contributed by atoms with van der Waals surface area (Å²) in [7, 11) is 1.65. The van der Waals surface area contributed by atoms with Crippen LogP contribution in [0.1, 0.15) is 18.4 Å². The number of nitrogens with one attached hydrogen (secondary N) is 1. The summed E-state index contributed by atoms with van der Waals surface area (Å²) in [5.74, 6) is 0.299. The minimum atomic E-state index is 0.299. The van der Waals surface area contributed by atoms with E-state index in [4.69, 9.17) is 20.5 Å². The smallest absolute Gasteiger partial charge is 0.157 e. The van der Waals surface area contributed by atoms with Crippen LogP contribution in [0.25, 0.3) is 0 Å². The fraction of sp³-hybridized carbons (Fsp3) is 0.636. The number of nitrogens with zero attached hydrogens (tertiary/aromatic N) is 2. The van der Waals surface area contributed by atoms with Crippen molar-refractivity contribution in [3.05, 3.63) is 5.56 Å². The highest BCUT2D eigenvalue weighted by Crippen LogP contribution is 2.25. The monoisotopic (exact) mass is 270 g/mol. The van der Waals surface area contributed by atoms with Crippen molar-refractivity contribution >= 4 is 22.4 Å². The Hall–Kier alpha value is -1.36. The van der Waals surface area contributed by atoms with Gasteiger partial charge in [0.05, 0.1) is 13.2 Å². The van der Waals surface area contributed by atoms with E-state index in [1.807, 2.05) is 6.07 Å². The zero-order valence-electron chi connectivity index (χ0n) is 10.4. The predicted octanol–water partition coefficient (Wildman–Crippen LogP) is 1.45. The number of unbranched alkanes of at least 4 members (excludes halogenated alkanes) is 1. The van der Waals surface area contributed by atoms with E-state index in [-0.39, 0.29) is 0 Å². The van der Waals surface area contributed by atoms with Gasteiger partial charge in [-0.25, -0.2) is 0 Å². The number of nitriles is 1. The first-order chi connectivity index (χ1) is 8.79. The molecular formula is C11H18N4O2S. The summed E-state index contributed by atoms with van der Waals surface area (Å²) >= 11 is 1.22. The summed E-state index contributed by atoms with van der Waals surface area (Å²) in [6, 6.07) is 2.04. The summed E-state index contributed by atoms with van der Waals surface area (Å²) in [6.07, 6.45) is 1.93. The van der Waals surface area contributed by atoms with Crippen molar-refractivity contribution in [1.82, 2.24) is 4.37 Å². The number of anilines is 2. The second-order valence-electron chi connectivity index (χ2n) is 3.62. The molecular weight excluding hydrogens is 252 g/mol. The molecule has 0 aliphatic carbocycles. The van der Waals surface area contributed by atoms with Crippen LogP contribution in [0.2, 0.25) is 0 Å². The van der Waals surface area contributed by atoms with Crippen molar-refractivity contribution in [2.75, 3.05) is 44.5 Å². The lowest BCUT2D eigenvalue weighted by Gasteiger charge is -2.05. The van der Waals surface area contributed by atoms with Crippen molar-refractivity contribution in [1.29, 1.82) is 5.26 Å². The zero-order chi connectivity index (χ0) is 13.2. The van der Waals surface area contributed by atoms with Gasteiger partial charge in [0.2, 0.25) is 0 Å². The number of hydrogen-bond donors (Lipinski definition) is 2. The molecule has 0 aliphatic heterocycles. The molecule has 18 heavy (non-hydrogen) atoms. The summed E-state index contributed by atoms with van der Waals surface area (Å²) in [6.45, 7) is 2.77. The second kappa shape index (κ2) is 8.69. The van der Waals surface area contributed by atoms with Crippen LogP contribution in [-0.4, -0.2) is 37.8 Å². The van der Waals surface area contributed by atoms with Gasteiger partial charge in [-0.2, -0.15) is 9.64 Å². The van der Waals surface area contributed by atoms with Crippen LogP contribution in [0.4, 0.5) is 10.8 Å². The van der Waals surface area contributed by atoms with Gasteiger partial charge in [-0.15, -0.1) is 0 Å². The van der Waals surface area contributed by atoms with Crippen LogP contribution in [0.3, 0.4) is 0 Å². The topological polar surface area (TPSA) is 93.2 Å². The third kappa shape index (κ3) is 4.87. The van der Waals surface area contributed by atoms with Crippen molar-refractivity contribution in [3.63, 3.8) is 0 Å². The minimum absolute atomic E-state index is 0.299. The zero-order valence-corrected chi connectivity index (χ0v) is 11.3. The van der Waals surface area contributed by atoms with Gasteiger partial charge in [-0.05, 0) is 24.4 Å². The van der Waals surface area contributed by atoms with Crippen molar-refractivity contribution in [2.24, 2.45) is 0 Å². The Balaban J connectivity index is 2.09. The maximum atomic E-state index is 8.88. The Kier molecular flexibility index (Phi) is 7.10. The van der Waals surface area contributed by atoms with E-state index in [0.717, 1.165) is 31.0 Å². The summed E-state index contributed by atoms with van der Waals surface area (Å²) in [5.41, 5.74) is 6.00. The van der Waals surface area contributed by atoms with E-state index in [0.29, 0.717) is 24.6 Å². The Bertz CT molecular complexity index is 389. The molecule has 1 heterocycles. The van der Waals surface area contributed by atoms with Crippen molar-refractivity contribution in [2.45, 2.75) is 12.8 Å². The third-order valence-corrected chi connectivity index (χ3v) is 3.08. The first-order valence-electron chi connectivity index (χ1n) is 5.75. The molecule has 0 fully saturated rings. The van der Waals surface area contributed by atoms with E-state index in [2.05, 4.69) is 9.69 Å². The molecule has 0 radical (unpaired) electrons. The highest BCUT2D eigenvalue weighted by Gasteiger charge is 2.09. The molecule has 7 heteroatoms. The molecule has 100 valence electrons. The van der Waals surface area contributed by atoms with Gasteiger partial charge in [0.25, 0.3) is 0 Å². The highest BCUT2D eigenvalue weighted by atomic mass is 32.1. The van der Waals surface area contributed by atoms with Gasteiger partial charge < -0.3 is 20.5 Å². The number of nitrogens with two attached hydrogens (primary N) is 1.